The number of aliphatic hydroxyl groups excluding tert-OH is 1. The molecule has 0 aromatic heterocycles. The van der Waals surface area contributed by atoms with E-state index in [1.165, 1.54) is 7.11 Å². The van der Waals surface area contributed by atoms with E-state index in [1.54, 1.807) is 0 Å². The molecule has 0 spiro atoms. The van der Waals surface area contributed by atoms with Crippen LogP contribution in [-0.2, 0) is 13.7 Å². The fourth-order valence-electron chi connectivity index (χ4n) is 1.17. The monoisotopic (exact) mass is 226 g/mol. The van der Waals surface area contributed by atoms with E-state index in [0.29, 0.717) is 6.42 Å². The fourth-order valence-corrected chi connectivity index (χ4v) is 2.02. The molecule has 0 saturated carbocycles. The van der Waals surface area contributed by atoms with Gasteiger partial charge in [-0.15, -0.1) is 0 Å². The molecule has 1 heterocycles. The first-order valence-corrected chi connectivity index (χ1v) is 6.14. The zero-order chi connectivity index (χ0) is 11.3. The fraction of sp³-hybridized carbons (Fsp3) is 1.00. The molecule has 1 aliphatic heterocycles. The van der Waals surface area contributed by atoms with Gasteiger partial charge in [0.1, 0.15) is 19.7 Å². The van der Waals surface area contributed by atoms with E-state index >= 15 is 0 Å². The second-order valence-corrected chi connectivity index (χ2v) is 4.20. The van der Waals surface area contributed by atoms with Crippen molar-refractivity contribution in [1.29, 1.82) is 2.61 Å². The van der Waals surface area contributed by atoms with Crippen molar-refractivity contribution in [3.05, 3.63) is 0 Å². The number of hydrogen-bond acceptors (Lipinski definition) is 5. The average Bonchev–Trinajstić information content (AvgIpc) is 2.68. The predicted molar refractivity (Wildman–Crippen MR) is 55.3 cm³/mol. The van der Waals surface area contributed by atoms with Gasteiger partial charge in [0.2, 0.25) is 0 Å². The second kappa shape index (κ2) is 6.22. The van der Waals surface area contributed by atoms with Gasteiger partial charge in [-0.2, -0.15) is 0 Å². The quantitative estimate of drug-likeness (QED) is 0.397. The van der Waals surface area contributed by atoms with Crippen LogP contribution in [0.2, 0.25) is 0 Å². The van der Waals surface area contributed by atoms with Crippen LogP contribution in [0.1, 0.15) is 6.42 Å². The molecular formula is C6H13BO4PS. The van der Waals surface area contributed by atoms with Crippen LogP contribution in [0.4, 0.5) is 0 Å². The van der Waals surface area contributed by atoms with Crippen molar-refractivity contribution in [1.82, 2.24) is 0 Å². The lowest BCUT2D eigenvalue weighted by atomic mass is 10.2. The minimum absolute atomic E-state index is 0.133. The molecule has 2 unspecified atom stereocenters. The van der Waals surface area contributed by atoms with Crippen LogP contribution in [-0.4, -0.2) is 47.5 Å². The predicted octanol–water partition coefficient (Wildman–Crippen LogP) is 0.183. The van der Waals surface area contributed by atoms with Crippen LogP contribution >= 0.6 is 19.3 Å². The Morgan fingerprint density at radius 2 is 2.92 bits per heavy atom. The van der Waals surface area contributed by atoms with Crippen molar-refractivity contribution in [2.75, 3.05) is 13.7 Å². The summed E-state index contributed by atoms with van der Waals surface area (Å²) in [5.74, 6) is 0. The van der Waals surface area contributed by atoms with E-state index in [-0.39, 0.29) is 19.0 Å². The lowest BCUT2D eigenvalue weighted by Gasteiger charge is -2.14. The van der Waals surface area contributed by atoms with Gasteiger partial charge in [0.25, 0.3) is 0 Å². The van der Waals surface area contributed by atoms with E-state index in [2.05, 4.69) is 0 Å². The van der Waals surface area contributed by atoms with Crippen LogP contribution < -0.4 is 0 Å². The lowest BCUT2D eigenvalue weighted by molar-refractivity contribution is -0.125. The van der Waals surface area contributed by atoms with Crippen molar-refractivity contribution in [3.63, 3.8) is 0 Å². The molecule has 4 atom stereocenters. The molecule has 0 aromatic carbocycles. The Morgan fingerprint density at radius 3 is 3.54 bits per heavy atom. The zero-order valence-corrected chi connectivity index (χ0v) is 8.96. The van der Waals surface area contributed by atoms with E-state index in [0.717, 1.165) is 19.2 Å². The van der Waals surface area contributed by atoms with Gasteiger partial charge in [0.05, 0.1) is 7.89 Å². The van der Waals surface area contributed by atoms with Crippen molar-refractivity contribution in [3.8, 4) is 0 Å². The van der Waals surface area contributed by atoms with E-state index in [1.807, 2.05) is 0 Å². The summed E-state index contributed by atoms with van der Waals surface area (Å²) in [7, 11) is 1.24. The van der Waals surface area contributed by atoms with Crippen molar-refractivity contribution in [2.45, 2.75) is 24.9 Å². The Bertz CT molecular complexity index is 195. The first-order chi connectivity index (χ1) is 7.21. The molecule has 13 heavy (non-hydrogen) atoms. The molecular weight excluding hydrogens is 210 g/mol. The molecule has 1 aliphatic rings. The highest BCUT2D eigenvalue weighted by Gasteiger charge is 2.35. The number of hydrogen-bond donors (Lipinski definition) is 1. The molecule has 1 saturated heterocycles. The standard InChI is InChI=1S/C6H13BO4PS/c1-9-6-2-4(11-13-12-7)5(3-8)10-6/h4-8,12H,2-3H2,1H3/t4-,5+,6?,12?/m0/s1/i7T,12D. The van der Waals surface area contributed by atoms with Gasteiger partial charge in [0, 0.05) is 25.2 Å². The highest BCUT2D eigenvalue weighted by atomic mass is 32.7. The maximum atomic E-state index is 9.02. The molecule has 1 N–H and O–H groups in total. The van der Waals surface area contributed by atoms with Gasteiger partial charge in [-0.1, -0.05) is 7.61 Å². The Hall–Kier alpha value is 0.685. The van der Waals surface area contributed by atoms with Gasteiger partial charge in [0.15, 0.2) is 6.29 Å². The normalized spacial score (nSPS) is 38.2. The third-order valence-corrected chi connectivity index (χ3v) is 2.75. The zero-order valence-electron chi connectivity index (χ0n) is 9.25. The Balaban J connectivity index is 2.33. The molecule has 0 amide bonds. The molecule has 4 nitrogen and oxygen atoms in total. The maximum absolute atomic E-state index is 9.02. The van der Waals surface area contributed by atoms with Gasteiger partial charge in [-0.25, -0.2) is 0 Å². The molecule has 1 radical (unpaired) electrons. The molecule has 0 aromatic rings. The molecule has 1 fully saturated rings. The first kappa shape index (κ1) is 8.95. The highest BCUT2D eigenvalue weighted by molar-refractivity contribution is 8.53. The first-order valence-electron chi connectivity index (χ1n) is 4.86. The Kier molecular flexibility index (Phi) is 4.28. The van der Waals surface area contributed by atoms with Crippen LogP contribution in [0, 0.1) is 0 Å². The summed E-state index contributed by atoms with van der Waals surface area (Å²) in [6.07, 6.45) is -0.503. The van der Waals surface area contributed by atoms with E-state index in [9.17, 15) is 0 Å². The summed E-state index contributed by atoms with van der Waals surface area (Å²) in [5.41, 5.74) is 0. The van der Waals surface area contributed by atoms with Crippen molar-refractivity contribution < 1.29 is 18.8 Å². The topological polar surface area (TPSA) is 47.9 Å². The summed E-state index contributed by atoms with van der Waals surface area (Å²) >= 11 is 0.947. The lowest BCUT2D eigenvalue weighted by Crippen LogP contribution is -2.25. The summed E-state index contributed by atoms with van der Waals surface area (Å²) in [6, 6.07) is 0. The van der Waals surface area contributed by atoms with Crippen LogP contribution in [0.25, 0.3) is 0 Å². The molecule has 0 aliphatic carbocycles. The summed E-state index contributed by atoms with van der Waals surface area (Å²) in [4.78, 5) is 0. The summed E-state index contributed by atoms with van der Waals surface area (Å²) in [6.45, 7) is -0.133. The molecule has 0 bridgehead atoms. The number of rotatable bonds is 6. The Morgan fingerprint density at radius 1 is 2.08 bits per heavy atom. The largest absolute Gasteiger partial charge is 0.394 e. The third kappa shape index (κ3) is 3.38. The van der Waals surface area contributed by atoms with Crippen molar-refractivity contribution in [2.24, 2.45) is 0 Å². The van der Waals surface area contributed by atoms with E-state index < -0.39 is 13.7 Å². The van der Waals surface area contributed by atoms with Gasteiger partial charge < -0.3 is 18.8 Å². The van der Waals surface area contributed by atoms with E-state index in [4.69, 9.17) is 21.4 Å². The summed E-state index contributed by atoms with van der Waals surface area (Å²) < 4.78 is 29.8. The van der Waals surface area contributed by atoms with Gasteiger partial charge >= 0.3 is 0 Å². The van der Waals surface area contributed by atoms with Crippen LogP contribution in [0.3, 0.4) is 0 Å². The molecule has 75 valence electrons. The van der Waals surface area contributed by atoms with Gasteiger partial charge in [-0.3, -0.25) is 0 Å². The van der Waals surface area contributed by atoms with Crippen LogP contribution in [0.15, 0.2) is 0 Å². The SMILES string of the molecule is [2H]P([B][3H])SO[C@H]1CC(OC)O[C@@H]1CO. The maximum Gasteiger partial charge on any atom is 0.160 e. The number of aliphatic hydroxyl groups is 1. The van der Waals surface area contributed by atoms with Crippen LogP contribution in [0.5, 0.6) is 0 Å². The minimum Gasteiger partial charge on any atom is -0.394 e. The smallest absolute Gasteiger partial charge is 0.160 e. The highest BCUT2D eigenvalue weighted by Crippen LogP contribution is 2.32. The van der Waals surface area contributed by atoms with Crippen molar-refractivity contribution >= 4 is 26.8 Å². The average molecular weight is 226 g/mol. The number of methoxy groups -OCH3 is 1. The third-order valence-electron chi connectivity index (χ3n) is 1.82. The second-order valence-electron chi connectivity index (χ2n) is 2.57. The minimum atomic E-state index is -1.33. The molecule has 7 heteroatoms. The number of ether oxygens (including phenoxy) is 2. The van der Waals surface area contributed by atoms with Gasteiger partial charge in [-0.05, 0) is 1.34 Å². The Labute approximate surface area is 87.4 Å². The summed E-state index contributed by atoms with van der Waals surface area (Å²) in [5, 5.41) is 9.02. The molecule has 1 rings (SSSR count).